The van der Waals surface area contributed by atoms with Gasteiger partial charge in [0.2, 0.25) is 5.91 Å². The fourth-order valence-electron chi connectivity index (χ4n) is 2.26. The van der Waals surface area contributed by atoms with Crippen LogP contribution in [0.25, 0.3) is 0 Å². The van der Waals surface area contributed by atoms with Gasteiger partial charge in [0.25, 0.3) is 5.69 Å². The van der Waals surface area contributed by atoms with Gasteiger partial charge < -0.3 is 15.4 Å². The van der Waals surface area contributed by atoms with Gasteiger partial charge in [-0.1, -0.05) is 17.7 Å². The Kier molecular flexibility index (Phi) is 9.64. The van der Waals surface area contributed by atoms with Gasteiger partial charge in [0, 0.05) is 25.1 Å². The highest BCUT2D eigenvalue weighted by Gasteiger charge is 2.13. The minimum Gasteiger partial charge on any atom is -0.453 e. The number of halogens is 3. The molecule has 2 rings (SSSR count). The molecule has 0 fully saturated rings. The molecule has 0 radical (unpaired) electrons. The molecule has 0 spiro atoms. The number of rotatable bonds is 9. The van der Waals surface area contributed by atoms with E-state index in [1.807, 2.05) is 7.05 Å². The maximum atomic E-state index is 14.3. The Morgan fingerprint density at radius 3 is 2.57 bits per heavy atom. The zero-order chi connectivity index (χ0) is 19.8. The molecular weight excluding hydrogens is 412 g/mol. The predicted octanol–water partition coefficient (Wildman–Crippen LogP) is 4.22. The first-order valence-electron chi connectivity index (χ1n) is 8.22. The summed E-state index contributed by atoms with van der Waals surface area (Å²) in [6, 6.07) is 7.94. The van der Waals surface area contributed by atoms with Crippen LogP contribution in [0, 0.1) is 15.9 Å². The normalized spacial score (nSPS) is 10.1. The van der Waals surface area contributed by atoms with Gasteiger partial charge in [0.1, 0.15) is 5.75 Å². The van der Waals surface area contributed by atoms with E-state index in [-0.39, 0.29) is 47.1 Å². The quantitative estimate of drug-likeness (QED) is 0.352. The van der Waals surface area contributed by atoms with Crippen LogP contribution >= 0.6 is 24.0 Å². The van der Waals surface area contributed by atoms with Crippen LogP contribution in [0.15, 0.2) is 36.4 Å². The lowest BCUT2D eigenvalue weighted by Gasteiger charge is -2.10. The molecule has 0 atom stereocenters. The Bertz CT molecular complexity index is 836. The Hall–Kier alpha value is -2.42. The highest BCUT2D eigenvalue weighted by atomic mass is 35.5. The number of nitro benzene ring substituents is 1. The third-order valence-electron chi connectivity index (χ3n) is 3.66. The van der Waals surface area contributed by atoms with Crippen molar-refractivity contribution in [3.8, 4) is 11.5 Å². The number of hydrogen-bond donors (Lipinski definition) is 2. The summed E-state index contributed by atoms with van der Waals surface area (Å²) in [5.74, 6) is -0.711. The molecule has 0 heterocycles. The van der Waals surface area contributed by atoms with Gasteiger partial charge in [-0.3, -0.25) is 14.9 Å². The summed E-state index contributed by atoms with van der Waals surface area (Å²) in [6.45, 7) is 0.952. The number of non-ortho nitro benzene ring substituents is 1. The van der Waals surface area contributed by atoms with Gasteiger partial charge in [0.05, 0.1) is 9.95 Å². The van der Waals surface area contributed by atoms with Gasteiger partial charge in [-0.25, -0.2) is 4.39 Å². The van der Waals surface area contributed by atoms with Crippen molar-refractivity contribution < 1.29 is 18.8 Å². The standard InChI is InChI=1S/C18H19ClFN3O4.ClH/c1-21-8-2-3-18(24)22-11-12-4-6-17(15(20)9-12)27-16-7-5-13(23(25)26)10-14(16)19;/h4-7,9-10,21H,2-3,8,11H2,1H3,(H,22,24);1H. The van der Waals surface area contributed by atoms with E-state index in [0.717, 1.165) is 19.0 Å². The summed E-state index contributed by atoms with van der Waals surface area (Å²) < 4.78 is 19.6. The minimum absolute atomic E-state index is 0. The van der Waals surface area contributed by atoms with Gasteiger partial charge in [-0.15, -0.1) is 12.4 Å². The van der Waals surface area contributed by atoms with Gasteiger partial charge in [0.15, 0.2) is 11.6 Å². The van der Waals surface area contributed by atoms with E-state index in [1.54, 1.807) is 6.07 Å². The Morgan fingerprint density at radius 1 is 1.25 bits per heavy atom. The summed E-state index contributed by atoms with van der Waals surface area (Å²) >= 11 is 5.94. The topological polar surface area (TPSA) is 93.5 Å². The number of hydrogen-bond acceptors (Lipinski definition) is 5. The van der Waals surface area contributed by atoms with Crippen LogP contribution in [0.5, 0.6) is 11.5 Å². The van der Waals surface area contributed by atoms with Crippen molar-refractivity contribution >= 4 is 35.6 Å². The van der Waals surface area contributed by atoms with Crippen LogP contribution in [-0.2, 0) is 11.3 Å². The largest absolute Gasteiger partial charge is 0.453 e. The van der Waals surface area contributed by atoms with E-state index in [2.05, 4.69) is 10.6 Å². The van der Waals surface area contributed by atoms with Crippen molar-refractivity contribution in [2.45, 2.75) is 19.4 Å². The molecule has 0 aromatic heterocycles. The molecule has 0 aliphatic carbocycles. The number of nitrogens with one attached hydrogen (secondary N) is 2. The van der Waals surface area contributed by atoms with Crippen LogP contribution in [-0.4, -0.2) is 24.4 Å². The summed E-state index contributed by atoms with van der Waals surface area (Å²) in [5.41, 5.74) is 0.394. The average molecular weight is 432 g/mol. The molecule has 0 saturated carbocycles. The second-order valence-electron chi connectivity index (χ2n) is 5.72. The maximum Gasteiger partial charge on any atom is 0.271 e. The first-order chi connectivity index (χ1) is 12.9. The van der Waals surface area contributed by atoms with Gasteiger partial charge >= 0.3 is 0 Å². The second-order valence-corrected chi connectivity index (χ2v) is 6.13. The Morgan fingerprint density at radius 2 is 1.96 bits per heavy atom. The van der Waals surface area contributed by atoms with E-state index in [9.17, 15) is 19.3 Å². The maximum absolute atomic E-state index is 14.3. The van der Waals surface area contributed by atoms with Gasteiger partial charge in [-0.2, -0.15) is 0 Å². The molecule has 0 aliphatic heterocycles. The van der Waals surface area contributed by atoms with Crippen LogP contribution in [0.4, 0.5) is 10.1 Å². The van der Waals surface area contributed by atoms with E-state index in [0.29, 0.717) is 12.0 Å². The summed E-state index contributed by atoms with van der Waals surface area (Å²) in [6.07, 6.45) is 1.11. The predicted molar refractivity (Wildman–Crippen MR) is 107 cm³/mol. The number of carbonyl (C=O) groups excluding carboxylic acids is 1. The monoisotopic (exact) mass is 431 g/mol. The molecule has 10 heteroatoms. The molecule has 2 aromatic carbocycles. The first kappa shape index (κ1) is 23.6. The zero-order valence-electron chi connectivity index (χ0n) is 15.0. The van der Waals surface area contributed by atoms with E-state index in [4.69, 9.17) is 16.3 Å². The highest BCUT2D eigenvalue weighted by Crippen LogP contribution is 2.33. The van der Waals surface area contributed by atoms with Crippen LogP contribution in [0.1, 0.15) is 18.4 Å². The molecule has 2 N–H and O–H groups in total. The van der Waals surface area contributed by atoms with E-state index >= 15 is 0 Å². The van der Waals surface area contributed by atoms with Crippen LogP contribution in [0.3, 0.4) is 0 Å². The summed E-state index contributed by atoms with van der Waals surface area (Å²) in [5, 5.41) is 16.4. The molecule has 2 aromatic rings. The fraction of sp³-hybridized carbons (Fsp3) is 0.278. The first-order valence-corrected chi connectivity index (χ1v) is 8.60. The number of nitrogens with zero attached hydrogens (tertiary/aromatic N) is 1. The van der Waals surface area contributed by atoms with Crippen molar-refractivity contribution in [3.63, 3.8) is 0 Å². The molecule has 1 amide bonds. The number of nitro groups is 1. The number of amides is 1. The summed E-state index contributed by atoms with van der Waals surface area (Å²) in [7, 11) is 1.81. The molecular formula is C18H20Cl2FN3O4. The van der Waals surface area contributed by atoms with Crippen LogP contribution < -0.4 is 15.4 Å². The highest BCUT2D eigenvalue weighted by molar-refractivity contribution is 6.32. The molecule has 152 valence electrons. The van der Waals surface area contributed by atoms with Crippen molar-refractivity contribution in [3.05, 3.63) is 62.9 Å². The Balaban J connectivity index is 0.00000392. The zero-order valence-corrected chi connectivity index (χ0v) is 16.6. The molecule has 0 saturated heterocycles. The SMILES string of the molecule is CNCCCC(=O)NCc1ccc(Oc2ccc([N+](=O)[O-])cc2Cl)c(F)c1.Cl. The smallest absolute Gasteiger partial charge is 0.271 e. The molecule has 0 bridgehead atoms. The lowest BCUT2D eigenvalue weighted by molar-refractivity contribution is -0.384. The lowest BCUT2D eigenvalue weighted by atomic mass is 10.2. The third kappa shape index (κ3) is 6.95. The van der Waals surface area contributed by atoms with E-state index < -0.39 is 10.7 Å². The Labute approximate surface area is 172 Å². The third-order valence-corrected chi connectivity index (χ3v) is 3.96. The number of carbonyl (C=O) groups is 1. The molecule has 28 heavy (non-hydrogen) atoms. The summed E-state index contributed by atoms with van der Waals surface area (Å²) in [4.78, 5) is 21.8. The van der Waals surface area contributed by atoms with E-state index in [1.165, 1.54) is 24.3 Å². The van der Waals surface area contributed by atoms with Crippen molar-refractivity contribution in [1.82, 2.24) is 10.6 Å². The minimum atomic E-state index is -0.633. The molecule has 0 aliphatic rings. The van der Waals surface area contributed by atoms with Crippen molar-refractivity contribution in [2.75, 3.05) is 13.6 Å². The molecule has 0 unspecified atom stereocenters. The number of ether oxygens (including phenoxy) is 1. The lowest BCUT2D eigenvalue weighted by Crippen LogP contribution is -2.23. The fourth-order valence-corrected chi connectivity index (χ4v) is 2.47. The second kappa shape index (κ2) is 11.4. The molecule has 7 nitrogen and oxygen atoms in total. The van der Waals surface area contributed by atoms with Crippen LogP contribution in [0.2, 0.25) is 5.02 Å². The van der Waals surface area contributed by atoms with Crippen molar-refractivity contribution in [1.29, 1.82) is 0 Å². The van der Waals surface area contributed by atoms with Gasteiger partial charge in [-0.05, 0) is 43.8 Å². The average Bonchev–Trinajstić information content (AvgIpc) is 2.63. The number of benzene rings is 2. The van der Waals surface area contributed by atoms with Crippen molar-refractivity contribution in [2.24, 2.45) is 0 Å².